The standard InChI is InChI=1S/C21H27NO3/c1-21(2,18-9-11-19(25-3)12-10-18)20(24)22-15-17(13-14-23)16-7-5-4-6-8-16/h4-12,17,23H,13-15H2,1-3H3,(H,22,24). The van der Waals surface area contributed by atoms with Gasteiger partial charge < -0.3 is 15.2 Å². The highest BCUT2D eigenvalue weighted by Crippen LogP contribution is 2.26. The van der Waals surface area contributed by atoms with Gasteiger partial charge in [0.05, 0.1) is 12.5 Å². The Labute approximate surface area is 149 Å². The number of aliphatic hydroxyl groups excluding tert-OH is 1. The van der Waals surface area contributed by atoms with Crippen molar-refractivity contribution in [3.8, 4) is 5.75 Å². The molecule has 0 fully saturated rings. The molecule has 1 atom stereocenters. The van der Waals surface area contributed by atoms with Gasteiger partial charge in [-0.15, -0.1) is 0 Å². The molecule has 134 valence electrons. The largest absolute Gasteiger partial charge is 0.497 e. The molecule has 25 heavy (non-hydrogen) atoms. The third-order valence-corrected chi connectivity index (χ3v) is 4.64. The van der Waals surface area contributed by atoms with Crippen molar-refractivity contribution in [2.45, 2.75) is 31.6 Å². The van der Waals surface area contributed by atoms with Crippen LogP contribution in [0.15, 0.2) is 54.6 Å². The van der Waals surface area contributed by atoms with Gasteiger partial charge in [-0.25, -0.2) is 0 Å². The maximum absolute atomic E-state index is 12.8. The molecular weight excluding hydrogens is 314 g/mol. The third-order valence-electron chi connectivity index (χ3n) is 4.64. The molecule has 0 aromatic heterocycles. The summed E-state index contributed by atoms with van der Waals surface area (Å²) in [5, 5.41) is 12.4. The first-order valence-electron chi connectivity index (χ1n) is 8.57. The number of ether oxygens (including phenoxy) is 1. The molecule has 0 saturated carbocycles. The van der Waals surface area contributed by atoms with E-state index in [9.17, 15) is 9.90 Å². The Morgan fingerprint density at radius 3 is 2.32 bits per heavy atom. The fraction of sp³-hybridized carbons (Fsp3) is 0.381. The maximum atomic E-state index is 12.8. The number of hydrogen-bond donors (Lipinski definition) is 2. The molecule has 1 amide bonds. The van der Waals surface area contributed by atoms with E-state index in [1.165, 1.54) is 0 Å². The molecule has 0 saturated heterocycles. The van der Waals surface area contributed by atoms with E-state index in [0.717, 1.165) is 16.9 Å². The summed E-state index contributed by atoms with van der Waals surface area (Å²) in [4.78, 5) is 12.8. The Hall–Kier alpha value is -2.33. The predicted octanol–water partition coefficient (Wildman–Crippen LogP) is 3.26. The van der Waals surface area contributed by atoms with E-state index in [0.29, 0.717) is 13.0 Å². The molecule has 0 aliphatic rings. The average Bonchev–Trinajstić information content (AvgIpc) is 2.65. The summed E-state index contributed by atoms with van der Waals surface area (Å²) in [5.41, 5.74) is 1.41. The molecule has 0 spiro atoms. The van der Waals surface area contributed by atoms with Crippen LogP contribution in [0.25, 0.3) is 0 Å². The van der Waals surface area contributed by atoms with Gasteiger partial charge in [-0.05, 0) is 43.5 Å². The van der Waals surface area contributed by atoms with Crippen molar-refractivity contribution in [1.29, 1.82) is 0 Å². The van der Waals surface area contributed by atoms with Crippen molar-refractivity contribution >= 4 is 5.91 Å². The highest BCUT2D eigenvalue weighted by molar-refractivity contribution is 5.87. The lowest BCUT2D eigenvalue weighted by Gasteiger charge is -2.26. The Bertz CT molecular complexity index is 665. The SMILES string of the molecule is COc1ccc(C(C)(C)C(=O)NCC(CCO)c2ccccc2)cc1. The summed E-state index contributed by atoms with van der Waals surface area (Å²) < 4.78 is 5.17. The minimum Gasteiger partial charge on any atom is -0.497 e. The Kier molecular flexibility index (Phi) is 6.59. The number of carbonyl (C=O) groups excluding carboxylic acids is 1. The first-order valence-corrected chi connectivity index (χ1v) is 8.57. The van der Waals surface area contributed by atoms with Crippen LogP contribution in [0.1, 0.15) is 37.3 Å². The summed E-state index contributed by atoms with van der Waals surface area (Å²) in [6, 6.07) is 17.5. The van der Waals surface area contributed by atoms with Crippen LogP contribution < -0.4 is 10.1 Å². The van der Waals surface area contributed by atoms with Crippen molar-refractivity contribution < 1.29 is 14.6 Å². The monoisotopic (exact) mass is 341 g/mol. The lowest BCUT2D eigenvalue weighted by atomic mass is 9.83. The van der Waals surface area contributed by atoms with Gasteiger partial charge in [0.1, 0.15) is 5.75 Å². The van der Waals surface area contributed by atoms with Crippen molar-refractivity contribution in [2.24, 2.45) is 0 Å². The summed E-state index contributed by atoms with van der Waals surface area (Å²) >= 11 is 0. The highest BCUT2D eigenvalue weighted by atomic mass is 16.5. The smallest absolute Gasteiger partial charge is 0.230 e. The van der Waals surface area contributed by atoms with Crippen LogP contribution in [0.4, 0.5) is 0 Å². The summed E-state index contributed by atoms with van der Waals surface area (Å²) in [7, 11) is 1.62. The lowest BCUT2D eigenvalue weighted by Crippen LogP contribution is -2.41. The van der Waals surface area contributed by atoms with Gasteiger partial charge in [-0.2, -0.15) is 0 Å². The predicted molar refractivity (Wildman–Crippen MR) is 99.9 cm³/mol. The maximum Gasteiger partial charge on any atom is 0.230 e. The molecule has 2 rings (SSSR count). The first kappa shape index (κ1) is 19.0. The minimum absolute atomic E-state index is 0.0310. The van der Waals surface area contributed by atoms with Gasteiger partial charge >= 0.3 is 0 Å². The molecule has 2 N–H and O–H groups in total. The molecule has 0 radical (unpaired) electrons. The molecule has 4 heteroatoms. The highest BCUT2D eigenvalue weighted by Gasteiger charge is 2.30. The third kappa shape index (κ3) is 4.83. The van der Waals surface area contributed by atoms with Gasteiger partial charge in [0.25, 0.3) is 0 Å². The Morgan fingerprint density at radius 2 is 1.76 bits per heavy atom. The van der Waals surface area contributed by atoms with E-state index in [1.54, 1.807) is 7.11 Å². The van der Waals surface area contributed by atoms with Crippen LogP contribution in [-0.2, 0) is 10.2 Å². The van der Waals surface area contributed by atoms with Crippen LogP contribution in [-0.4, -0.2) is 31.3 Å². The van der Waals surface area contributed by atoms with E-state index in [1.807, 2.05) is 68.4 Å². The second-order valence-corrected chi connectivity index (χ2v) is 6.68. The second-order valence-electron chi connectivity index (χ2n) is 6.68. The lowest BCUT2D eigenvalue weighted by molar-refractivity contribution is -0.125. The molecule has 0 aliphatic carbocycles. The normalized spacial score (nSPS) is 12.5. The zero-order valence-electron chi connectivity index (χ0n) is 15.2. The molecule has 1 unspecified atom stereocenters. The molecule has 0 heterocycles. The topological polar surface area (TPSA) is 58.6 Å². The zero-order valence-corrected chi connectivity index (χ0v) is 15.2. The van der Waals surface area contributed by atoms with Crippen molar-refractivity contribution in [3.05, 3.63) is 65.7 Å². The van der Waals surface area contributed by atoms with Crippen LogP contribution in [0.3, 0.4) is 0 Å². The van der Waals surface area contributed by atoms with E-state index >= 15 is 0 Å². The van der Waals surface area contributed by atoms with E-state index < -0.39 is 5.41 Å². The summed E-state index contributed by atoms with van der Waals surface area (Å²) in [5.74, 6) is 0.838. The van der Waals surface area contributed by atoms with Gasteiger partial charge in [-0.1, -0.05) is 42.5 Å². The Balaban J connectivity index is 2.05. The van der Waals surface area contributed by atoms with Crippen LogP contribution >= 0.6 is 0 Å². The summed E-state index contributed by atoms with van der Waals surface area (Å²) in [6.45, 7) is 4.42. The number of hydrogen-bond acceptors (Lipinski definition) is 3. The van der Waals surface area contributed by atoms with Gasteiger partial charge in [-0.3, -0.25) is 4.79 Å². The number of carbonyl (C=O) groups is 1. The molecule has 2 aromatic rings. The number of methoxy groups -OCH3 is 1. The van der Waals surface area contributed by atoms with Crippen molar-refractivity contribution in [1.82, 2.24) is 5.32 Å². The van der Waals surface area contributed by atoms with Gasteiger partial charge in [0.15, 0.2) is 0 Å². The molecule has 2 aromatic carbocycles. The van der Waals surface area contributed by atoms with E-state index in [2.05, 4.69) is 5.32 Å². The zero-order chi connectivity index (χ0) is 18.3. The number of rotatable bonds is 8. The average molecular weight is 341 g/mol. The number of benzene rings is 2. The van der Waals surface area contributed by atoms with Crippen molar-refractivity contribution in [2.75, 3.05) is 20.3 Å². The van der Waals surface area contributed by atoms with Crippen LogP contribution in [0.2, 0.25) is 0 Å². The molecular formula is C21H27NO3. The number of amides is 1. The Morgan fingerprint density at radius 1 is 1.12 bits per heavy atom. The van der Waals surface area contributed by atoms with Crippen molar-refractivity contribution in [3.63, 3.8) is 0 Å². The minimum atomic E-state index is -0.646. The fourth-order valence-electron chi connectivity index (χ4n) is 2.84. The number of nitrogens with one attached hydrogen (secondary N) is 1. The first-order chi connectivity index (χ1) is 12.0. The summed E-state index contributed by atoms with van der Waals surface area (Å²) in [6.07, 6.45) is 0.618. The van der Waals surface area contributed by atoms with E-state index in [4.69, 9.17) is 4.74 Å². The van der Waals surface area contributed by atoms with Crippen LogP contribution in [0.5, 0.6) is 5.75 Å². The van der Waals surface area contributed by atoms with E-state index in [-0.39, 0.29) is 18.4 Å². The van der Waals surface area contributed by atoms with Crippen LogP contribution in [0, 0.1) is 0 Å². The number of aliphatic hydroxyl groups is 1. The molecule has 4 nitrogen and oxygen atoms in total. The fourth-order valence-corrected chi connectivity index (χ4v) is 2.84. The molecule has 0 aliphatic heterocycles. The second kappa shape index (κ2) is 8.67. The van der Waals surface area contributed by atoms with Gasteiger partial charge in [0.2, 0.25) is 5.91 Å². The quantitative estimate of drug-likeness (QED) is 0.775. The van der Waals surface area contributed by atoms with Gasteiger partial charge in [0, 0.05) is 19.1 Å². The molecule has 0 bridgehead atoms.